The Hall–Kier alpha value is -2.22. The molecule has 1 aliphatic heterocycles. The van der Waals surface area contributed by atoms with Crippen LogP contribution in [0.1, 0.15) is 16.7 Å². The van der Waals surface area contributed by atoms with Gasteiger partial charge in [-0.1, -0.05) is 30.3 Å². The number of carboxylic acid groups (broad SMARTS) is 1. The molecular formula is C17H13BrF3NO3. The van der Waals surface area contributed by atoms with Crippen molar-refractivity contribution in [2.75, 3.05) is 6.54 Å². The van der Waals surface area contributed by atoms with E-state index in [0.29, 0.717) is 16.9 Å². The van der Waals surface area contributed by atoms with Gasteiger partial charge in [0.2, 0.25) is 0 Å². The zero-order valence-corrected chi connectivity index (χ0v) is 14.3. The van der Waals surface area contributed by atoms with Crippen molar-refractivity contribution in [1.29, 1.82) is 0 Å². The largest absolute Gasteiger partial charge is 0.480 e. The molecule has 2 aromatic carbocycles. The first-order valence-electron chi connectivity index (χ1n) is 7.33. The highest BCUT2D eigenvalue weighted by molar-refractivity contribution is 9.10. The summed E-state index contributed by atoms with van der Waals surface area (Å²) >= 11 is 3.04. The van der Waals surface area contributed by atoms with Gasteiger partial charge in [-0.05, 0) is 33.6 Å². The van der Waals surface area contributed by atoms with Gasteiger partial charge in [-0.15, -0.1) is 0 Å². The lowest BCUT2D eigenvalue weighted by Crippen LogP contribution is -2.43. The van der Waals surface area contributed by atoms with Crippen LogP contribution in [-0.2, 0) is 18.2 Å². The molecule has 0 spiro atoms. The third-order valence-corrected chi connectivity index (χ3v) is 5.00. The normalized spacial score (nSPS) is 19.2. The van der Waals surface area contributed by atoms with E-state index < -0.39 is 23.4 Å². The smallest absolute Gasteiger partial charge is 0.417 e. The van der Waals surface area contributed by atoms with E-state index in [1.807, 2.05) is 0 Å². The second-order valence-electron chi connectivity index (χ2n) is 5.70. The SMILES string of the molecule is O=C(O)NCC1(c2ccccc2)Cc2c(ccc(C(F)(F)F)c2Br)O1. The summed E-state index contributed by atoms with van der Waals surface area (Å²) in [6.45, 7) is -0.0885. The van der Waals surface area contributed by atoms with Gasteiger partial charge in [0.25, 0.3) is 0 Å². The van der Waals surface area contributed by atoms with Gasteiger partial charge in [0, 0.05) is 16.5 Å². The van der Waals surface area contributed by atoms with Crippen LogP contribution in [0.15, 0.2) is 46.9 Å². The second kappa shape index (κ2) is 6.25. The summed E-state index contributed by atoms with van der Waals surface area (Å²) in [7, 11) is 0. The highest BCUT2D eigenvalue weighted by Crippen LogP contribution is 2.48. The van der Waals surface area contributed by atoms with Crippen LogP contribution in [-0.4, -0.2) is 17.7 Å². The van der Waals surface area contributed by atoms with Crippen LogP contribution < -0.4 is 10.1 Å². The Labute approximate surface area is 149 Å². The van der Waals surface area contributed by atoms with E-state index in [1.165, 1.54) is 6.07 Å². The number of nitrogens with one attached hydrogen (secondary N) is 1. The number of alkyl halides is 3. The van der Waals surface area contributed by atoms with Crippen LogP contribution in [0.25, 0.3) is 0 Å². The first kappa shape index (κ1) is 17.6. The minimum absolute atomic E-state index is 0.0781. The Morgan fingerprint density at radius 3 is 2.52 bits per heavy atom. The number of hydrogen-bond acceptors (Lipinski definition) is 2. The van der Waals surface area contributed by atoms with Crippen molar-refractivity contribution >= 4 is 22.0 Å². The minimum Gasteiger partial charge on any atom is -0.480 e. The third-order valence-electron chi connectivity index (χ3n) is 4.10. The molecule has 1 amide bonds. The van der Waals surface area contributed by atoms with Crippen LogP contribution in [0.2, 0.25) is 0 Å². The maximum Gasteiger partial charge on any atom is 0.417 e. The number of benzene rings is 2. The Morgan fingerprint density at radius 1 is 1.24 bits per heavy atom. The fraction of sp³-hybridized carbons (Fsp3) is 0.235. The van der Waals surface area contributed by atoms with E-state index in [9.17, 15) is 18.0 Å². The van der Waals surface area contributed by atoms with Gasteiger partial charge < -0.3 is 15.2 Å². The van der Waals surface area contributed by atoms with Crippen molar-refractivity contribution in [2.24, 2.45) is 0 Å². The van der Waals surface area contributed by atoms with Gasteiger partial charge in [0.05, 0.1) is 12.1 Å². The summed E-state index contributed by atoms with van der Waals surface area (Å²) in [6.07, 6.45) is -5.62. The lowest BCUT2D eigenvalue weighted by Gasteiger charge is -2.29. The summed E-state index contributed by atoms with van der Waals surface area (Å²) in [5.41, 5.74) is -0.842. The van der Waals surface area contributed by atoms with Gasteiger partial charge >= 0.3 is 12.3 Å². The molecule has 3 rings (SSSR count). The van der Waals surface area contributed by atoms with Crippen LogP contribution in [0.3, 0.4) is 0 Å². The molecule has 1 atom stereocenters. The first-order valence-corrected chi connectivity index (χ1v) is 8.12. The van der Waals surface area contributed by atoms with Crippen molar-refractivity contribution in [2.45, 2.75) is 18.2 Å². The zero-order chi connectivity index (χ0) is 18.2. The highest BCUT2D eigenvalue weighted by atomic mass is 79.9. The Morgan fingerprint density at radius 2 is 1.92 bits per heavy atom. The maximum atomic E-state index is 13.1. The molecule has 0 aromatic heterocycles. The third kappa shape index (κ3) is 3.30. The molecule has 8 heteroatoms. The number of hydrogen-bond donors (Lipinski definition) is 2. The van der Waals surface area contributed by atoms with E-state index in [-0.39, 0.29) is 17.4 Å². The molecule has 0 radical (unpaired) electrons. The van der Waals surface area contributed by atoms with Crippen LogP contribution in [0.5, 0.6) is 5.75 Å². The summed E-state index contributed by atoms with van der Waals surface area (Å²) in [5, 5.41) is 11.2. The van der Waals surface area contributed by atoms with E-state index in [0.717, 1.165) is 6.07 Å². The summed E-state index contributed by atoms with van der Waals surface area (Å²) in [4.78, 5) is 10.9. The van der Waals surface area contributed by atoms with Crippen molar-refractivity contribution in [3.8, 4) is 5.75 Å². The molecule has 1 unspecified atom stereocenters. The Bertz CT molecular complexity index is 811. The van der Waals surface area contributed by atoms with Crippen molar-refractivity contribution in [1.82, 2.24) is 5.32 Å². The van der Waals surface area contributed by atoms with Gasteiger partial charge in [0.15, 0.2) is 5.60 Å². The fourth-order valence-corrected chi connectivity index (χ4v) is 3.63. The molecule has 2 aromatic rings. The monoisotopic (exact) mass is 415 g/mol. The van der Waals surface area contributed by atoms with Gasteiger partial charge in [-0.3, -0.25) is 0 Å². The summed E-state index contributed by atoms with van der Waals surface area (Å²) in [5.74, 6) is 0.302. The van der Waals surface area contributed by atoms with Crippen molar-refractivity contribution in [3.05, 3.63) is 63.6 Å². The van der Waals surface area contributed by atoms with Gasteiger partial charge in [0.1, 0.15) is 5.75 Å². The molecule has 0 aliphatic carbocycles. The quantitative estimate of drug-likeness (QED) is 0.771. The van der Waals surface area contributed by atoms with Crippen LogP contribution in [0.4, 0.5) is 18.0 Å². The van der Waals surface area contributed by atoms with Crippen LogP contribution in [0, 0.1) is 0 Å². The number of rotatable bonds is 3. The average Bonchev–Trinajstić information content (AvgIpc) is 2.94. The second-order valence-corrected chi connectivity index (χ2v) is 6.49. The average molecular weight is 416 g/mol. The van der Waals surface area contributed by atoms with Crippen molar-refractivity contribution < 1.29 is 27.8 Å². The van der Waals surface area contributed by atoms with E-state index in [4.69, 9.17) is 9.84 Å². The predicted molar refractivity (Wildman–Crippen MR) is 87.6 cm³/mol. The number of ether oxygens (including phenoxy) is 1. The van der Waals surface area contributed by atoms with Crippen LogP contribution >= 0.6 is 15.9 Å². The number of halogens is 4. The maximum absolute atomic E-state index is 13.1. The van der Waals surface area contributed by atoms with Gasteiger partial charge in [-0.2, -0.15) is 13.2 Å². The predicted octanol–water partition coefficient (Wildman–Crippen LogP) is 4.57. The first-order chi connectivity index (χ1) is 11.7. The van der Waals surface area contributed by atoms with E-state index in [2.05, 4.69) is 21.2 Å². The molecular weight excluding hydrogens is 403 g/mol. The standard InChI is InChI=1S/C17H13BrF3NO3/c18-14-11-8-16(9-22-15(23)24,10-4-2-1-3-5-10)25-13(11)7-6-12(14)17(19,20)21/h1-7,22H,8-9H2,(H,23,24). The summed E-state index contributed by atoms with van der Waals surface area (Å²) in [6, 6.07) is 11.1. The fourth-order valence-electron chi connectivity index (χ4n) is 2.94. The number of carbonyl (C=O) groups is 1. The van der Waals surface area contributed by atoms with E-state index in [1.54, 1.807) is 30.3 Å². The summed E-state index contributed by atoms with van der Waals surface area (Å²) < 4.78 is 45.3. The Balaban J connectivity index is 2.05. The minimum atomic E-state index is -4.49. The molecule has 1 aliphatic rings. The molecule has 0 bridgehead atoms. The molecule has 2 N–H and O–H groups in total. The number of fused-ring (bicyclic) bond motifs is 1. The van der Waals surface area contributed by atoms with Gasteiger partial charge in [-0.25, -0.2) is 4.79 Å². The number of amides is 1. The van der Waals surface area contributed by atoms with Crippen molar-refractivity contribution in [3.63, 3.8) is 0 Å². The topological polar surface area (TPSA) is 58.6 Å². The molecule has 1 heterocycles. The lowest BCUT2D eigenvalue weighted by molar-refractivity contribution is -0.138. The molecule has 0 fully saturated rings. The zero-order valence-electron chi connectivity index (χ0n) is 12.7. The van der Waals surface area contributed by atoms with E-state index >= 15 is 0 Å². The molecule has 25 heavy (non-hydrogen) atoms. The lowest BCUT2D eigenvalue weighted by atomic mass is 9.88. The molecule has 4 nitrogen and oxygen atoms in total. The molecule has 132 valence electrons. The molecule has 0 saturated heterocycles. The Kier molecular flexibility index (Phi) is 4.40. The highest BCUT2D eigenvalue weighted by Gasteiger charge is 2.44. The molecule has 0 saturated carbocycles.